The summed E-state index contributed by atoms with van der Waals surface area (Å²) < 4.78 is 2.41. The lowest BCUT2D eigenvalue weighted by Gasteiger charge is -2.30. The molecule has 1 aliphatic carbocycles. The first-order valence-corrected chi connectivity index (χ1v) is 9.54. The molecule has 1 aromatic rings. The summed E-state index contributed by atoms with van der Waals surface area (Å²) in [5.41, 5.74) is 0. The molecule has 1 N–H and O–H groups in total. The fraction of sp³-hybridized carbons (Fsp3) is 0.714. The summed E-state index contributed by atoms with van der Waals surface area (Å²) in [6.45, 7) is 3.54. The molecular weight excluding hydrogens is 388 g/mol. The van der Waals surface area contributed by atoms with Crippen molar-refractivity contribution in [3.8, 4) is 0 Å². The first-order chi connectivity index (χ1) is 9.22. The van der Waals surface area contributed by atoms with Crippen LogP contribution in [-0.2, 0) is 6.54 Å². The number of rotatable bonds is 5. The molecule has 1 saturated heterocycles. The number of nitrogens with zero attached hydrogens (tertiary/aromatic N) is 1. The van der Waals surface area contributed by atoms with E-state index in [4.69, 9.17) is 0 Å². The van der Waals surface area contributed by atoms with Crippen LogP contribution in [0.4, 0.5) is 0 Å². The van der Waals surface area contributed by atoms with Crippen molar-refractivity contribution in [1.82, 2.24) is 10.2 Å². The highest BCUT2D eigenvalue weighted by Crippen LogP contribution is 2.35. The smallest absolute Gasteiger partial charge is 0.0843 e. The van der Waals surface area contributed by atoms with Crippen LogP contribution >= 0.6 is 43.2 Å². The Kier molecular flexibility index (Phi) is 5.01. The lowest BCUT2D eigenvalue weighted by Crippen LogP contribution is -2.44. The number of thiophene rings is 1. The normalized spacial score (nSPS) is 24.1. The molecular formula is C14H20Br2N2S. The molecule has 2 fully saturated rings. The molecule has 19 heavy (non-hydrogen) atoms. The first-order valence-electron chi connectivity index (χ1n) is 7.13. The van der Waals surface area contributed by atoms with Crippen LogP contribution in [0.2, 0.25) is 0 Å². The van der Waals surface area contributed by atoms with Crippen molar-refractivity contribution in [2.24, 2.45) is 0 Å². The Hall–Kier alpha value is 0.580. The van der Waals surface area contributed by atoms with Gasteiger partial charge in [0.1, 0.15) is 0 Å². The Bertz CT molecular complexity index is 406. The third kappa shape index (κ3) is 4.03. The zero-order valence-electron chi connectivity index (χ0n) is 11.0. The van der Waals surface area contributed by atoms with Gasteiger partial charge in [0.25, 0.3) is 0 Å². The first kappa shape index (κ1) is 14.5. The van der Waals surface area contributed by atoms with Crippen LogP contribution in [0.25, 0.3) is 0 Å². The summed E-state index contributed by atoms with van der Waals surface area (Å²) in [5, 5.41) is 3.68. The SMILES string of the molecule is Brc1cc(CN(CC2CCCCN2)C2CC2)sc1Br. The number of nitrogens with one attached hydrogen (secondary N) is 1. The molecule has 0 spiro atoms. The molecule has 2 nitrogen and oxygen atoms in total. The van der Waals surface area contributed by atoms with E-state index in [9.17, 15) is 0 Å². The molecule has 3 rings (SSSR count). The second-order valence-electron chi connectivity index (χ2n) is 5.64. The maximum absolute atomic E-state index is 3.68. The van der Waals surface area contributed by atoms with E-state index in [-0.39, 0.29) is 0 Å². The average Bonchev–Trinajstić information content (AvgIpc) is 3.18. The van der Waals surface area contributed by atoms with E-state index < -0.39 is 0 Å². The summed E-state index contributed by atoms with van der Waals surface area (Å²) in [6, 6.07) is 3.81. The summed E-state index contributed by atoms with van der Waals surface area (Å²) in [5.74, 6) is 0. The van der Waals surface area contributed by atoms with Gasteiger partial charge in [-0.25, -0.2) is 0 Å². The van der Waals surface area contributed by atoms with Crippen molar-refractivity contribution in [3.05, 3.63) is 19.2 Å². The molecule has 1 aliphatic heterocycles. The molecule has 0 bridgehead atoms. The van der Waals surface area contributed by atoms with Gasteiger partial charge in [0.15, 0.2) is 0 Å². The fourth-order valence-corrected chi connectivity index (χ4v) is 5.02. The van der Waals surface area contributed by atoms with E-state index in [0.29, 0.717) is 6.04 Å². The lowest BCUT2D eigenvalue weighted by molar-refractivity contribution is 0.210. The summed E-state index contributed by atoms with van der Waals surface area (Å²) in [7, 11) is 0. The molecule has 5 heteroatoms. The number of hydrogen-bond donors (Lipinski definition) is 1. The third-order valence-electron chi connectivity index (χ3n) is 3.99. The van der Waals surface area contributed by atoms with Crippen LogP contribution in [0.1, 0.15) is 37.0 Å². The van der Waals surface area contributed by atoms with Crippen molar-refractivity contribution in [2.45, 2.75) is 50.7 Å². The van der Waals surface area contributed by atoms with E-state index in [1.54, 1.807) is 0 Å². The van der Waals surface area contributed by atoms with Crippen LogP contribution in [-0.4, -0.2) is 30.1 Å². The predicted octanol–water partition coefficient (Wildman–Crippen LogP) is 4.38. The van der Waals surface area contributed by atoms with Crippen molar-refractivity contribution in [1.29, 1.82) is 0 Å². The molecule has 1 unspecified atom stereocenters. The highest BCUT2D eigenvalue weighted by Gasteiger charge is 2.31. The van der Waals surface area contributed by atoms with E-state index in [1.807, 2.05) is 11.3 Å². The van der Waals surface area contributed by atoms with Gasteiger partial charge in [-0.3, -0.25) is 4.90 Å². The Labute approximate surface area is 136 Å². The van der Waals surface area contributed by atoms with Crippen LogP contribution in [0.15, 0.2) is 14.3 Å². The van der Waals surface area contributed by atoms with E-state index in [2.05, 4.69) is 48.1 Å². The molecule has 2 aliphatic rings. The molecule has 1 saturated carbocycles. The Morgan fingerprint density at radius 1 is 1.26 bits per heavy atom. The highest BCUT2D eigenvalue weighted by molar-refractivity contribution is 9.13. The fourth-order valence-electron chi connectivity index (χ4n) is 2.81. The second kappa shape index (κ2) is 6.56. The van der Waals surface area contributed by atoms with Gasteiger partial charge < -0.3 is 5.32 Å². The van der Waals surface area contributed by atoms with Gasteiger partial charge in [0.2, 0.25) is 0 Å². The van der Waals surface area contributed by atoms with Crippen LogP contribution in [0.5, 0.6) is 0 Å². The van der Waals surface area contributed by atoms with Gasteiger partial charge in [0, 0.05) is 34.5 Å². The minimum Gasteiger partial charge on any atom is -0.313 e. The molecule has 2 heterocycles. The highest BCUT2D eigenvalue weighted by atomic mass is 79.9. The molecule has 0 radical (unpaired) electrons. The summed E-state index contributed by atoms with van der Waals surface area (Å²) >= 11 is 9.05. The maximum Gasteiger partial charge on any atom is 0.0843 e. The minimum absolute atomic E-state index is 0.709. The van der Waals surface area contributed by atoms with Crippen LogP contribution < -0.4 is 5.32 Å². The quantitative estimate of drug-likeness (QED) is 0.778. The number of hydrogen-bond acceptors (Lipinski definition) is 3. The third-order valence-corrected chi connectivity index (χ3v) is 7.23. The van der Waals surface area contributed by atoms with Gasteiger partial charge in [-0.2, -0.15) is 0 Å². The second-order valence-corrected chi connectivity index (χ2v) is 8.95. The average molecular weight is 408 g/mol. The lowest BCUT2D eigenvalue weighted by atomic mass is 10.0. The zero-order chi connectivity index (χ0) is 13.2. The standard InChI is InChI=1S/C14H20Br2N2S/c15-13-7-12(19-14(13)16)9-18(11-4-5-11)8-10-3-1-2-6-17-10/h7,10-11,17H,1-6,8-9H2. The summed E-state index contributed by atoms with van der Waals surface area (Å²) in [6.07, 6.45) is 6.87. The van der Waals surface area contributed by atoms with E-state index in [1.165, 1.54) is 58.3 Å². The maximum atomic E-state index is 3.68. The van der Waals surface area contributed by atoms with Gasteiger partial charge in [-0.05, 0) is 70.2 Å². The topological polar surface area (TPSA) is 15.3 Å². The Morgan fingerprint density at radius 2 is 2.11 bits per heavy atom. The molecule has 1 atom stereocenters. The van der Waals surface area contributed by atoms with Gasteiger partial charge in [-0.15, -0.1) is 11.3 Å². The van der Waals surface area contributed by atoms with Crippen LogP contribution in [0.3, 0.4) is 0 Å². The van der Waals surface area contributed by atoms with Crippen molar-refractivity contribution in [3.63, 3.8) is 0 Å². The van der Waals surface area contributed by atoms with Gasteiger partial charge in [-0.1, -0.05) is 6.42 Å². The monoisotopic (exact) mass is 406 g/mol. The number of halogens is 2. The van der Waals surface area contributed by atoms with Gasteiger partial charge in [0.05, 0.1) is 3.79 Å². The number of piperidine rings is 1. The molecule has 0 amide bonds. The zero-order valence-corrected chi connectivity index (χ0v) is 15.0. The Balaban J connectivity index is 1.60. The van der Waals surface area contributed by atoms with E-state index >= 15 is 0 Å². The van der Waals surface area contributed by atoms with Crippen molar-refractivity contribution < 1.29 is 0 Å². The predicted molar refractivity (Wildman–Crippen MR) is 88.8 cm³/mol. The van der Waals surface area contributed by atoms with Crippen molar-refractivity contribution in [2.75, 3.05) is 13.1 Å². The Morgan fingerprint density at radius 3 is 2.68 bits per heavy atom. The largest absolute Gasteiger partial charge is 0.313 e. The van der Waals surface area contributed by atoms with Gasteiger partial charge >= 0.3 is 0 Å². The molecule has 1 aromatic heterocycles. The van der Waals surface area contributed by atoms with Crippen LogP contribution in [0, 0.1) is 0 Å². The minimum atomic E-state index is 0.709. The van der Waals surface area contributed by atoms with E-state index in [0.717, 1.165) is 12.6 Å². The molecule has 106 valence electrons. The summed E-state index contributed by atoms with van der Waals surface area (Å²) in [4.78, 5) is 4.15. The molecule has 0 aromatic carbocycles. The van der Waals surface area contributed by atoms with Crippen molar-refractivity contribution >= 4 is 43.2 Å².